The second-order valence-electron chi connectivity index (χ2n) is 16.3. The maximum atomic E-state index is 14.9. The molecule has 2 aliphatic heterocycles. The van der Waals surface area contributed by atoms with Gasteiger partial charge in [0.1, 0.15) is 5.66 Å². The van der Waals surface area contributed by atoms with E-state index in [0.717, 1.165) is 70.3 Å². The Hall–Kier alpha value is -4.28. The van der Waals surface area contributed by atoms with E-state index in [-0.39, 0.29) is 35.2 Å². The number of nitrogens with one attached hydrogen (secondary N) is 2. The van der Waals surface area contributed by atoms with Crippen molar-refractivity contribution in [3.8, 4) is 0 Å². The summed E-state index contributed by atoms with van der Waals surface area (Å²) in [4.78, 5) is 40.1. The van der Waals surface area contributed by atoms with E-state index in [9.17, 15) is 9.59 Å². The number of amidine groups is 1. The van der Waals surface area contributed by atoms with Gasteiger partial charge in [-0.2, -0.15) is 5.21 Å². The number of carbonyl (C=O) groups excluding carboxylic acids is 2. The molecule has 3 aliphatic rings. The monoisotopic (exact) mass is 667 g/mol. The maximum Gasteiger partial charge on any atom is 0.291 e. The second-order valence-corrected chi connectivity index (χ2v) is 16.3. The Bertz CT molecular complexity index is 1590. The highest BCUT2D eigenvalue weighted by Crippen LogP contribution is 2.50. The number of benzene rings is 2. The van der Waals surface area contributed by atoms with Crippen LogP contribution >= 0.6 is 0 Å². The predicted molar refractivity (Wildman–Crippen MR) is 192 cm³/mol. The average molecular weight is 668 g/mol. The van der Waals surface area contributed by atoms with Gasteiger partial charge in [-0.15, -0.1) is 10.2 Å². The van der Waals surface area contributed by atoms with E-state index in [0.29, 0.717) is 23.1 Å². The highest BCUT2D eigenvalue weighted by atomic mass is 16.2. The molecule has 1 atom stereocenters. The number of hydrogen-bond donors (Lipinski definition) is 2. The van der Waals surface area contributed by atoms with Crippen LogP contribution in [-0.4, -0.2) is 79.9 Å². The molecule has 0 unspecified atom stereocenters. The van der Waals surface area contributed by atoms with E-state index in [1.54, 1.807) is 0 Å². The molecule has 2 fully saturated rings. The van der Waals surface area contributed by atoms with Crippen LogP contribution in [0.2, 0.25) is 0 Å². The Morgan fingerprint density at radius 2 is 1.59 bits per heavy atom. The molecule has 49 heavy (non-hydrogen) atoms. The second kappa shape index (κ2) is 13.9. The first kappa shape index (κ1) is 34.6. The van der Waals surface area contributed by atoms with Crippen LogP contribution in [0.5, 0.6) is 0 Å². The number of anilines is 1. The zero-order chi connectivity index (χ0) is 34.8. The fraction of sp³-hybridized carbons (Fsp3) is 0.579. The lowest BCUT2D eigenvalue weighted by atomic mass is 9.69. The number of aromatic nitrogens is 4. The lowest BCUT2D eigenvalue weighted by Gasteiger charge is -2.47. The summed E-state index contributed by atoms with van der Waals surface area (Å²) in [5, 5.41) is 16.6. The summed E-state index contributed by atoms with van der Waals surface area (Å²) in [5.41, 5.74) is 2.52. The fourth-order valence-electron chi connectivity index (χ4n) is 7.74. The quantitative estimate of drug-likeness (QED) is 0.303. The molecule has 11 heteroatoms. The minimum Gasteiger partial charge on any atom is -0.368 e. The highest BCUT2D eigenvalue weighted by Gasteiger charge is 2.53. The van der Waals surface area contributed by atoms with Crippen LogP contribution in [0, 0.1) is 16.7 Å². The predicted octanol–water partition coefficient (Wildman–Crippen LogP) is 5.99. The van der Waals surface area contributed by atoms with Gasteiger partial charge in [0.2, 0.25) is 0 Å². The summed E-state index contributed by atoms with van der Waals surface area (Å²) in [5.74, 6) is 1.46. The molecule has 0 bridgehead atoms. The lowest BCUT2D eigenvalue weighted by Crippen LogP contribution is -2.54. The van der Waals surface area contributed by atoms with E-state index in [4.69, 9.17) is 4.99 Å². The van der Waals surface area contributed by atoms with E-state index in [1.165, 1.54) is 5.69 Å². The van der Waals surface area contributed by atoms with E-state index >= 15 is 0 Å². The molecule has 1 saturated heterocycles. The smallest absolute Gasteiger partial charge is 0.291 e. The Kier molecular flexibility index (Phi) is 9.82. The third-order valence-corrected chi connectivity index (χ3v) is 10.7. The summed E-state index contributed by atoms with van der Waals surface area (Å²) in [6.45, 7) is 17.2. The number of aliphatic imine (C=N–C) groups is 1. The molecule has 1 saturated carbocycles. The van der Waals surface area contributed by atoms with Gasteiger partial charge < -0.3 is 20.0 Å². The molecule has 1 spiro atoms. The molecule has 0 radical (unpaired) electrons. The maximum absolute atomic E-state index is 14.9. The first-order chi connectivity index (χ1) is 23.3. The van der Waals surface area contributed by atoms with Crippen molar-refractivity contribution in [2.45, 2.75) is 98.3 Å². The summed E-state index contributed by atoms with van der Waals surface area (Å²) in [7, 11) is 0. The number of nitrogens with zero attached hydrogens (tertiary/aromatic N) is 7. The van der Waals surface area contributed by atoms with Crippen LogP contribution < -0.4 is 10.2 Å². The Morgan fingerprint density at radius 1 is 0.939 bits per heavy atom. The molecule has 2 amide bonds. The van der Waals surface area contributed by atoms with Crippen LogP contribution in [0.25, 0.3) is 0 Å². The zero-order valence-electron chi connectivity index (χ0n) is 30.1. The van der Waals surface area contributed by atoms with Gasteiger partial charge in [0.05, 0.1) is 12.6 Å². The Morgan fingerprint density at radius 3 is 2.18 bits per heavy atom. The summed E-state index contributed by atoms with van der Waals surface area (Å²) in [6.07, 6.45) is 5.55. The number of amides is 2. The number of hydrogen-bond acceptors (Lipinski definition) is 8. The van der Waals surface area contributed by atoms with Crippen LogP contribution in [0.4, 0.5) is 5.69 Å². The van der Waals surface area contributed by atoms with Crippen LogP contribution in [0.3, 0.4) is 0 Å². The minimum atomic E-state index is -0.575. The van der Waals surface area contributed by atoms with Gasteiger partial charge >= 0.3 is 0 Å². The summed E-state index contributed by atoms with van der Waals surface area (Å²) >= 11 is 0. The summed E-state index contributed by atoms with van der Waals surface area (Å²) in [6, 6.07) is 18.1. The minimum absolute atomic E-state index is 0.0446. The molecule has 2 aromatic carbocycles. The first-order valence-corrected chi connectivity index (χ1v) is 17.9. The van der Waals surface area contributed by atoms with Gasteiger partial charge in [-0.25, -0.2) is 4.99 Å². The van der Waals surface area contributed by atoms with Crippen molar-refractivity contribution in [2.75, 3.05) is 31.1 Å². The Labute approximate surface area is 290 Å². The third-order valence-electron chi connectivity index (χ3n) is 10.7. The van der Waals surface area contributed by atoms with Crippen molar-refractivity contribution in [2.24, 2.45) is 21.7 Å². The van der Waals surface area contributed by atoms with Gasteiger partial charge in [0.15, 0.2) is 11.7 Å². The average Bonchev–Trinajstić information content (AvgIpc) is 3.70. The first-order valence-electron chi connectivity index (χ1n) is 17.9. The molecule has 1 aliphatic carbocycles. The third kappa shape index (κ3) is 7.81. The Balaban J connectivity index is 1.28. The number of H-pyrrole nitrogens is 1. The van der Waals surface area contributed by atoms with Crippen LogP contribution in [0.1, 0.15) is 108 Å². The van der Waals surface area contributed by atoms with Crippen molar-refractivity contribution >= 4 is 23.3 Å². The molecule has 11 nitrogen and oxygen atoms in total. The number of aromatic amines is 1. The van der Waals surface area contributed by atoms with Crippen molar-refractivity contribution < 1.29 is 9.59 Å². The normalized spacial score (nSPS) is 22.4. The van der Waals surface area contributed by atoms with Crippen molar-refractivity contribution in [3.63, 3.8) is 0 Å². The van der Waals surface area contributed by atoms with Crippen LogP contribution in [-0.2, 0) is 11.3 Å². The number of carbonyl (C=O) groups is 2. The topological polar surface area (TPSA) is 123 Å². The molecule has 6 rings (SSSR count). The molecule has 2 N–H and O–H groups in total. The number of rotatable bonds is 8. The van der Waals surface area contributed by atoms with Crippen LogP contribution in [0.15, 0.2) is 59.6 Å². The fourth-order valence-corrected chi connectivity index (χ4v) is 7.74. The van der Waals surface area contributed by atoms with E-state index in [2.05, 4.69) is 106 Å². The SMILES string of the molecule is CC(C)(C)CC[C@H](c1ccc(C(=O)NCc2nn[nH]n2)cc1)N1C(=O)C(N2CCN(c3ccccc3)CC2)=NC12CCC(C(C)(C)C)CC2. The van der Waals surface area contributed by atoms with Gasteiger partial charge in [-0.3, -0.25) is 9.59 Å². The standard InChI is InChI=1S/C38H53N9O2/c1-36(2,3)19-18-31(27-12-14-28(15-13-27)34(48)39-26-32-41-43-44-42-32)47-35(49)33(40-38(47)20-16-29(17-21-38)37(4,5)6)46-24-22-45(23-25-46)30-10-8-7-9-11-30/h7-15,29,31H,16-26H2,1-6H3,(H,39,48)(H,41,42,43,44)/t29?,31-,38?/m1/s1. The van der Waals surface area contributed by atoms with Crippen molar-refractivity contribution in [1.29, 1.82) is 0 Å². The largest absolute Gasteiger partial charge is 0.368 e. The van der Waals surface area contributed by atoms with E-state index in [1.807, 2.05) is 30.3 Å². The number of piperazine rings is 1. The molecule has 1 aromatic heterocycles. The molecule has 3 aromatic rings. The van der Waals surface area contributed by atoms with E-state index < -0.39 is 5.66 Å². The lowest BCUT2D eigenvalue weighted by molar-refractivity contribution is -0.134. The van der Waals surface area contributed by atoms with Gasteiger partial charge in [0, 0.05) is 37.4 Å². The highest BCUT2D eigenvalue weighted by molar-refractivity contribution is 6.39. The zero-order valence-corrected chi connectivity index (χ0v) is 30.1. The van der Waals surface area contributed by atoms with Gasteiger partial charge in [0.25, 0.3) is 11.8 Å². The van der Waals surface area contributed by atoms with Crippen molar-refractivity contribution in [3.05, 3.63) is 71.5 Å². The van der Waals surface area contributed by atoms with Crippen molar-refractivity contribution in [1.82, 2.24) is 35.7 Å². The summed E-state index contributed by atoms with van der Waals surface area (Å²) < 4.78 is 0. The molecular formula is C38H53N9O2. The molecule has 262 valence electrons. The number of para-hydroxylation sites is 1. The molecular weight excluding hydrogens is 614 g/mol. The van der Waals surface area contributed by atoms with Gasteiger partial charge in [-0.05, 0) is 85.1 Å². The molecule has 3 heterocycles. The van der Waals surface area contributed by atoms with Gasteiger partial charge in [-0.1, -0.05) is 77.1 Å². The number of tetrazole rings is 1.